The molecule has 112 valence electrons. The van der Waals surface area contributed by atoms with Crippen LogP contribution < -0.4 is 15.8 Å². The number of nitrogens with zero attached hydrogens (tertiary/aromatic N) is 1. The van der Waals surface area contributed by atoms with Gasteiger partial charge in [-0.15, -0.1) is 0 Å². The topological polar surface area (TPSA) is 79.9 Å². The molecule has 0 aliphatic carbocycles. The highest BCUT2D eigenvalue weighted by Crippen LogP contribution is 2.25. The van der Waals surface area contributed by atoms with Crippen molar-refractivity contribution in [2.75, 3.05) is 25.6 Å². The zero-order chi connectivity index (χ0) is 15.0. The Morgan fingerprint density at radius 1 is 1.30 bits per heavy atom. The van der Waals surface area contributed by atoms with Gasteiger partial charge in [0.25, 0.3) is 0 Å². The third-order valence-electron chi connectivity index (χ3n) is 3.78. The third kappa shape index (κ3) is 4.42. The molecule has 4 N–H and O–H groups in total. The Morgan fingerprint density at radius 2 is 1.90 bits per heavy atom. The minimum absolute atomic E-state index is 0.124. The van der Waals surface area contributed by atoms with E-state index in [1.54, 1.807) is 7.11 Å². The molecule has 0 saturated carbocycles. The fraction of sp³-hybridized carbons (Fsp3) is 0.533. The van der Waals surface area contributed by atoms with Gasteiger partial charge in [0.1, 0.15) is 5.75 Å². The Balaban J connectivity index is 2.64. The van der Waals surface area contributed by atoms with Crippen LogP contribution in [-0.2, 0) is 0 Å². The van der Waals surface area contributed by atoms with Crippen LogP contribution in [-0.4, -0.2) is 31.3 Å². The number of guanidine groups is 1. The Labute approximate surface area is 120 Å². The van der Waals surface area contributed by atoms with Gasteiger partial charge in [-0.2, -0.15) is 0 Å². The van der Waals surface area contributed by atoms with Gasteiger partial charge in [0.15, 0.2) is 5.96 Å². The molecule has 0 amide bonds. The second-order valence-corrected chi connectivity index (χ2v) is 4.92. The normalized spacial score (nSPS) is 12.3. The molecule has 5 heteroatoms. The van der Waals surface area contributed by atoms with Crippen molar-refractivity contribution in [2.24, 2.45) is 16.1 Å². The Hall–Kier alpha value is -1.75. The molecule has 0 unspecified atom stereocenters. The highest BCUT2D eigenvalue weighted by Gasteiger charge is 2.24. The summed E-state index contributed by atoms with van der Waals surface area (Å²) in [4.78, 5) is 4.34. The summed E-state index contributed by atoms with van der Waals surface area (Å²) in [7, 11) is 1.63. The average Bonchev–Trinajstić information content (AvgIpc) is 2.50. The predicted molar refractivity (Wildman–Crippen MR) is 83.2 cm³/mol. The van der Waals surface area contributed by atoms with Crippen LogP contribution in [0, 0.1) is 5.41 Å². The van der Waals surface area contributed by atoms with Gasteiger partial charge in [0.2, 0.25) is 0 Å². The molecule has 0 saturated heterocycles. The van der Waals surface area contributed by atoms with Crippen LogP contribution in [0.15, 0.2) is 29.3 Å². The van der Waals surface area contributed by atoms with Gasteiger partial charge < -0.3 is 20.9 Å². The number of aliphatic hydroxyl groups excluding tert-OH is 1. The first kappa shape index (κ1) is 16.3. The van der Waals surface area contributed by atoms with E-state index in [-0.39, 0.29) is 12.0 Å². The number of methoxy groups -OCH3 is 1. The number of nitrogens with one attached hydrogen (secondary N) is 1. The van der Waals surface area contributed by atoms with E-state index in [1.165, 1.54) is 0 Å². The summed E-state index contributed by atoms with van der Waals surface area (Å²) < 4.78 is 5.09. The Bertz CT molecular complexity index is 417. The Morgan fingerprint density at radius 3 is 2.35 bits per heavy atom. The molecular formula is C15H25N3O2. The maximum atomic E-state index is 9.49. The van der Waals surface area contributed by atoms with Crippen LogP contribution in [0.2, 0.25) is 0 Å². The van der Waals surface area contributed by atoms with Crippen molar-refractivity contribution in [3.8, 4) is 5.75 Å². The van der Waals surface area contributed by atoms with Crippen molar-refractivity contribution in [3.05, 3.63) is 24.3 Å². The molecule has 0 aliphatic heterocycles. The lowest BCUT2D eigenvalue weighted by Crippen LogP contribution is -2.30. The van der Waals surface area contributed by atoms with Gasteiger partial charge in [0, 0.05) is 11.1 Å². The van der Waals surface area contributed by atoms with E-state index in [0.717, 1.165) is 24.3 Å². The molecule has 0 radical (unpaired) electrons. The number of nitrogens with two attached hydrogens (primary N) is 1. The number of rotatable bonds is 7. The van der Waals surface area contributed by atoms with Crippen LogP contribution in [0.25, 0.3) is 0 Å². The molecular weight excluding hydrogens is 254 g/mol. The SMILES string of the molecule is CCC(CC)(CO)CN=C(N)Nc1ccc(OC)cc1. The predicted octanol–water partition coefficient (Wildman–Crippen LogP) is 2.22. The van der Waals surface area contributed by atoms with Gasteiger partial charge in [-0.3, -0.25) is 4.99 Å². The largest absolute Gasteiger partial charge is 0.497 e. The number of aliphatic imine (C=N–C) groups is 1. The van der Waals surface area contributed by atoms with Gasteiger partial charge in [0.05, 0.1) is 20.3 Å². The van der Waals surface area contributed by atoms with Crippen molar-refractivity contribution < 1.29 is 9.84 Å². The molecule has 0 aliphatic rings. The lowest BCUT2D eigenvalue weighted by atomic mass is 9.83. The first-order valence-corrected chi connectivity index (χ1v) is 6.91. The van der Waals surface area contributed by atoms with E-state index >= 15 is 0 Å². The number of hydrogen-bond acceptors (Lipinski definition) is 3. The van der Waals surface area contributed by atoms with Crippen LogP contribution in [0.4, 0.5) is 5.69 Å². The summed E-state index contributed by atoms with van der Waals surface area (Å²) in [6.07, 6.45) is 1.75. The number of benzene rings is 1. The molecule has 0 atom stereocenters. The first-order chi connectivity index (χ1) is 9.59. The van der Waals surface area contributed by atoms with Crippen molar-refractivity contribution in [3.63, 3.8) is 0 Å². The van der Waals surface area contributed by atoms with Crippen LogP contribution in [0.3, 0.4) is 0 Å². The lowest BCUT2D eigenvalue weighted by Gasteiger charge is -2.27. The van der Waals surface area contributed by atoms with Gasteiger partial charge in [-0.05, 0) is 37.1 Å². The second-order valence-electron chi connectivity index (χ2n) is 4.92. The zero-order valence-corrected chi connectivity index (χ0v) is 12.5. The summed E-state index contributed by atoms with van der Waals surface area (Å²) in [6.45, 7) is 4.76. The molecule has 1 aromatic carbocycles. The second kappa shape index (κ2) is 7.75. The van der Waals surface area contributed by atoms with Crippen molar-refractivity contribution in [1.82, 2.24) is 0 Å². The van der Waals surface area contributed by atoms with Crippen LogP contribution in [0.5, 0.6) is 5.75 Å². The zero-order valence-electron chi connectivity index (χ0n) is 12.5. The molecule has 0 fully saturated rings. The average molecular weight is 279 g/mol. The fourth-order valence-electron chi connectivity index (χ4n) is 1.86. The van der Waals surface area contributed by atoms with E-state index in [1.807, 2.05) is 24.3 Å². The molecule has 5 nitrogen and oxygen atoms in total. The molecule has 0 aromatic heterocycles. The third-order valence-corrected chi connectivity index (χ3v) is 3.78. The van der Waals surface area contributed by atoms with E-state index in [4.69, 9.17) is 10.5 Å². The van der Waals surface area contributed by atoms with Crippen molar-refractivity contribution >= 4 is 11.6 Å². The first-order valence-electron chi connectivity index (χ1n) is 6.91. The monoisotopic (exact) mass is 279 g/mol. The van der Waals surface area contributed by atoms with Crippen LogP contribution in [0.1, 0.15) is 26.7 Å². The molecule has 0 bridgehead atoms. The summed E-state index contributed by atoms with van der Waals surface area (Å²) in [5, 5.41) is 12.5. The molecule has 0 spiro atoms. The number of ether oxygens (including phenoxy) is 1. The van der Waals surface area contributed by atoms with Crippen LogP contribution >= 0.6 is 0 Å². The van der Waals surface area contributed by atoms with E-state index in [9.17, 15) is 5.11 Å². The smallest absolute Gasteiger partial charge is 0.193 e. The summed E-state index contributed by atoms with van der Waals surface area (Å²) in [5.74, 6) is 1.15. The van der Waals surface area contributed by atoms with Gasteiger partial charge in [-0.1, -0.05) is 13.8 Å². The minimum atomic E-state index is -0.174. The summed E-state index contributed by atoms with van der Waals surface area (Å²) >= 11 is 0. The lowest BCUT2D eigenvalue weighted by molar-refractivity contribution is 0.123. The minimum Gasteiger partial charge on any atom is -0.497 e. The van der Waals surface area contributed by atoms with E-state index in [2.05, 4.69) is 24.2 Å². The van der Waals surface area contributed by atoms with E-state index in [0.29, 0.717) is 12.5 Å². The number of anilines is 1. The number of aliphatic hydroxyl groups is 1. The highest BCUT2D eigenvalue weighted by atomic mass is 16.5. The number of hydrogen-bond donors (Lipinski definition) is 3. The standard InChI is InChI=1S/C15H25N3O2/c1-4-15(5-2,11-19)10-17-14(16)18-12-6-8-13(20-3)9-7-12/h6-9,19H,4-5,10-11H2,1-3H3,(H3,16,17,18). The molecule has 0 heterocycles. The highest BCUT2D eigenvalue weighted by molar-refractivity contribution is 5.92. The molecule has 20 heavy (non-hydrogen) atoms. The molecule has 1 rings (SSSR count). The maximum Gasteiger partial charge on any atom is 0.193 e. The fourth-order valence-corrected chi connectivity index (χ4v) is 1.86. The summed E-state index contributed by atoms with van der Waals surface area (Å²) in [5.41, 5.74) is 6.56. The molecule has 1 aromatic rings. The Kier molecular flexibility index (Phi) is 6.31. The maximum absolute atomic E-state index is 9.49. The van der Waals surface area contributed by atoms with E-state index < -0.39 is 0 Å². The van der Waals surface area contributed by atoms with Gasteiger partial charge in [-0.25, -0.2) is 0 Å². The van der Waals surface area contributed by atoms with Crippen molar-refractivity contribution in [1.29, 1.82) is 0 Å². The quantitative estimate of drug-likeness (QED) is 0.528. The van der Waals surface area contributed by atoms with Crippen molar-refractivity contribution in [2.45, 2.75) is 26.7 Å². The van der Waals surface area contributed by atoms with Gasteiger partial charge >= 0.3 is 0 Å². The summed E-state index contributed by atoms with van der Waals surface area (Å²) in [6, 6.07) is 7.46.